The lowest BCUT2D eigenvalue weighted by Crippen LogP contribution is -2.45. The summed E-state index contributed by atoms with van der Waals surface area (Å²) in [6, 6.07) is 0.465. The number of aliphatic hydroxyl groups excluding tert-OH is 1. The van der Waals surface area contributed by atoms with E-state index in [9.17, 15) is 4.79 Å². The maximum Gasteiger partial charge on any atom is 0.407 e. The summed E-state index contributed by atoms with van der Waals surface area (Å²) in [4.78, 5) is 11.7. The monoisotopic (exact) mass is 300 g/mol. The van der Waals surface area contributed by atoms with Crippen molar-refractivity contribution in [2.45, 2.75) is 70.9 Å². The number of hydrogen-bond donors (Lipinski definition) is 3. The summed E-state index contributed by atoms with van der Waals surface area (Å²) in [7, 11) is 0. The van der Waals surface area contributed by atoms with Crippen molar-refractivity contribution < 1.29 is 14.6 Å². The first-order chi connectivity index (χ1) is 9.92. The number of unbranched alkanes of at least 4 members (excludes halogenated alkanes) is 1. The lowest BCUT2D eigenvalue weighted by Gasteiger charge is -2.32. The van der Waals surface area contributed by atoms with E-state index in [-0.39, 0.29) is 12.7 Å². The van der Waals surface area contributed by atoms with Crippen LogP contribution in [0.25, 0.3) is 0 Å². The number of hydrogen-bond acceptors (Lipinski definition) is 4. The summed E-state index contributed by atoms with van der Waals surface area (Å²) in [5.41, 5.74) is -0.446. The molecule has 0 aromatic rings. The van der Waals surface area contributed by atoms with Crippen LogP contribution in [0.5, 0.6) is 0 Å². The van der Waals surface area contributed by atoms with Gasteiger partial charge in [-0.25, -0.2) is 4.79 Å². The summed E-state index contributed by atoms with van der Waals surface area (Å²) in [5, 5.41) is 15.3. The van der Waals surface area contributed by atoms with Crippen LogP contribution in [0.4, 0.5) is 4.79 Å². The summed E-state index contributed by atoms with van der Waals surface area (Å²) in [6.07, 6.45) is 6.32. The van der Waals surface area contributed by atoms with E-state index in [4.69, 9.17) is 9.84 Å². The molecule has 0 aromatic heterocycles. The third-order valence-corrected chi connectivity index (χ3v) is 3.81. The molecular weight excluding hydrogens is 268 g/mol. The fraction of sp³-hybridized carbons (Fsp3) is 0.938. The van der Waals surface area contributed by atoms with Crippen molar-refractivity contribution in [2.75, 3.05) is 19.7 Å². The topological polar surface area (TPSA) is 70.6 Å². The predicted molar refractivity (Wildman–Crippen MR) is 84.3 cm³/mol. The molecular formula is C16H32N2O3. The van der Waals surface area contributed by atoms with Crippen LogP contribution in [-0.4, -0.2) is 42.5 Å². The Balaban J connectivity index is 2.30. The maximum absolute atomic E-state index is 11.7. The van der Waals surface area contributed by atoms with Gasteiger partial charge in [-0.3, -0.25) is 0 Å². The van der Waals surface area contributed by atoms with E-state index in [0.29, 0.717) is 18.5 Å². The van der Waals surface area contributed by atoms with E-state index >= 15 is 0 Å². The van der Waals surface area contributed by atoms with Crippen molar-refractivity contribution in [1.82, 2.24) is 10.6 Å². The smallest absolute Gasteiger partial charge is 0.407 e. The molecule has 1 saturated carbocycles. The first-order valence-electron chi connectivity index (χ1n) is 8.23. The van der Waals surface area contributed by atoms with Crippen LogP contribution in [0.2, 0.25) is 0 Å². The average Bonchev–Trinajstić information content (AvgIpc) is 2.40. The Morgan fingerprint density at radius 3 is 2.62 bits per heavy atom. The second-order valence-electron chi connectivity index (χ2n) is 6.92. The van der Waals surface area contributed by atoms with E-state index in [1.165, 1.54) is 19.3 Å². The normalized spacial score (nSPS) is 22.9. The first kappa shape index (κ1) is 18.2. The molecule has 2 unspecified atom stereocenters. The second kappa shape index (κ2) is 9.26. The molecule has 1 aliphatic rings. The third kappa shape index (κ3) is 8.27. The molecule has 3 N–H and O–H groups in total. The highest BCUT2D eigenvalue weighted by Gasteiger charge is 2.25. The SMILES string of the molecule is CC(C)(C)OC(=O)NCC1CCCCC1NCCCCO. The Kier molecular flexibility index (Phi) is 8.04. The van der Waals surface area contributed by atoms with Crippen LogP contribution in [-0.2, 0) is 4.74 Å². The predicted octanol–water partition coefficient (Wildman–Crippen LogP) is 2.43. The highest BCUT2D eigenvalue weighted by Crippen LogP contribution is 2.24. The zero-order valence-electron chi connectivity index (χ0n) is 13.8. The van der Waals surface area contributed by atoms with Gasteiger partial charge in [-0.1, -0.05) is 12.8 Å². The van der Waals surface area contributed by atoms with Gasteiger partial charge in [0.15, 0.2) is 0 Å². The molecule has 1 rings (SSSR count). The van der Waals surface area contributed by atoms with E-state index in [0.717, 1.165) is 25.8 Å². The zero-order chi connectivity index (χ0) is 15.7. The summed E-state index contributed by atoms with van der Waals surface area (Å²) >= 11 is 0. The molecule has 1 amide bonds. The Morgan fingerprint density at radius 1 is 1.24 bits per heavy atom. The standard InChI is InChI=1S/C16H32N2O3/c1-16(2,3)21-15(20)18-12-13-8-4-5-9-14(13)17-10-6-7-11-19/h13-14,17,19H,4-12H2,1-3H3,(H,18,20). The fourth-order valence-corrected chi connectivity index (χ4v) is 2.77. The van der Waals surface area contributed by atoms with Gasteiger partial charge in [-0.15, -0.1) is 0 Å². The van der Waals surface area contributed by atoms with Crippen LogP contribution >= 0.6 is 0 Å². The molecule has 0 spiro atoms. The molecule has 1 fully saturated rings. The Bertz CT molecular complexity index is 302. The van der Waals surface area contributed by atoms with Crippen LogP contribution in [0, 0.1) is 5.92 Å². The van der Waals surface area contributed by atoms with Gasteiger partial charge in [0.2, 0.25) is 0 Å². The van der Waals surface area contributed by atoms with Crippen LogP contribution in [0.3, 0.4) is 0 Å². The molecule has 0 saturated heterocycles. The van der Waals surface area contributed by atoms with Crippen LogP contribution in [0.15, 0.2) is 0 Å². The lowest BCUT2D eigenvalue weighted by molar-refractivity contribution is 0.0510. The molecule has 1 aliphatic carbocycles. The highest BCUT2D eigenvalue weighted by atomic mass is 16.6. The van der Waals surface area contributed by atoms with Gasteiger partial charge >= 0.3 is 6.09 Å². The maximum atomic E-state index is 11.7. The first-order valence-corrected chi connectivity index (χ1v) is 8.23. The number of amides is 1. The summed E-state index contributed by atoms with van der Waals surface area (Å²) in [6.45, 7) is 7.49. The number of rotatable bonds is 7. The number of aliphatic hydroxyl groups is 1. The van der Waals surface area contributed by atoms with Crippen molar-refractivity contribution in [3.8, 4) is 0 Å². The number of nitrogens with one attached hydrogen (secondary N) is 2. The van der Waals surface area contributed by atoms with E-state index in [1.807, 2.05) is 20.8 Å². The zero-order valence-corrected chi connectivity index (χ0v) is 13.8. The number of alkyl carbamates (subject to hydrolysis) is 1. The fourth-order valence-electron chi connectivity index (χ4n) is 2.77. The lowest BCUT2D eigenvalue weighted by atomic mass is 9.84. The molecule has 0 radical (unpaired) electrons. The van der Waals surface area contributed by atoms with Crippen molar-refractivity contribution in [1.29, 1.82) is 0 Å². The molecule has 21 heavy (non-hydrogen) atoms. The van der Waals surface area contributed by atoms with Crippen molar-refractivity contribution in [3.05, 3.63) is 0 Å². The average molecular weight is 300 g/mol. The van der Waals surface area contributed by atoms with E-state index in [2.05, 4.69) is 10.6 Å². The minimum Gasteiger partial charge on any atom is -0.444 e. The second-order valence-corrected chi connectivity index (χ2v) is 6.92. The Hall–Kier alpha value is -0.810. The molecule has 0 aliphatic heterocycles. The molecule has 5 nitrogen and oxygen atoms in total. The van der Waals surface area contributed by atoms with Crippen molar-refractivity contribution in [3.63, 3.8) is 0 Å². The van der Waals surface area contributed by atoms with Gasteiger partial charge in [0.05, 0.1) is 0 Å². The van der Waals surface area contributed by atoms with Crippen molar-refractivity contribution >= 4 is 6.09 Å². The Labute approximate surface area is 128 Å². The molecule has 0 bridgehead atoms. The van der Waals surface area contributed by atoms with E-state index < -0.39 is 5.60 Å². The van der Waals surface area contributed by atoms with Crippen LogP contribution in [0.1, 0.15) is 59.3 Å². The van der Waals surface area contributed by atoms with Gasteiger partial charge in [-0.05, 0) is 58.9 Å². The van der Waals surface area contributed by atoms with E-state index in [1.54, 1.807) is 0 Å². The quantitative estimate of drug-likeness (QED) is 0.632. The van der Waals surface area contributed by atoms with Crippen LogP contribution < -0.4 is 10.6 Å². The van der Waals surface area contributed by atoms with Gasteiger partial charge < -0.3 is 20.5 Å². The molecule has 0 aromatic carbocycles. The molecule has 0 heterocycles. The van der Waals surface area contributed by atoms with Crippen molar-refractivity contribution in [2.24, 2.45) is 5.92 Å². The highest BCUT2D eigenvalue weighted by molar-refractivity contribution is 5.67. The van der Waals surface area contributed by atoms with Gasteiger partial charge in [-0.2, -0.15) is 0 Å². The summed E-state index contributed by atoms with van der Waals surface area (Å²) in [5.74, 6) is 0.473. The largest absolute Gasteiger partial charge is 0.444 e. The summed E-state index contributed by atoms with van der Waals surface area (Å²) < 4.78 is 5.28. The molecule has 124 valence electrons. The van der Waals surface area contributed by atoms with Gasteiger partial charge in [0.1, 0.15) is 5.60 Å². The number of carbonyl (C=O) groups is 1. The molecule has 5 heteroatoms. The van der Waals surface area contributed by atoms with Gasteiger partial charge in [0.25, 0.3) is 0 Å². The number of carbonyl (C=O) groups excluding carboxylic acids is 1. The minimum atomic E-state index is -0.446. The molecule has 2 atom stereocenters. The number of ether oxygens (including phenoxy) is 1. The Morgan fingerprint density at radius 2 is 1.95 bits per heavy atom. The van der Waals surface area contributed by atoms with Gasteiger partial charge in [0, 0.05) is 19.2 Å². The minimum absolute atomic E-state index is 0.260. The third-order valence-electron chi connectivity index (χ3n) is 3.81.